The summed E-state index contributed by atoms with van der Waals surface area (Å²) in [7, 11) is 0. The van der Waals surface area contributed by atoms with Crippen LogP contribution in [0.1, 0.15) is 58.4 Å². The Hall–Kier alpha value is -0.770. The van der Waals surface area contributed by atoms with Crippen molar-refractivity contribution in [3.63, 3.8) is 0 Å². The van der Waals surface area contributed by atoms with Gasteiger partial charge in [-0.25, -0.2) is 0 Å². The summed E-state index contributed by atoms with van der Waals surface area (Å²) in [6.07, 6.45) is 6.22. The Balaban J connectivity index is 0.000000337. The van der Waals surface area contributed by atoms with Gasteiger partial charge in [-0.15, -0.1) is 0 Å². The summed E-state index contributed by atoms with van der Waals surface area (Å²) in [5, 5.41) is 1.27. The first-order valence-corrected chi connectivity index (χ1v) is 11.0. The molecule has 1 aromatic rings. The van der Waals surface area contributed by atoms with E-state index < -0.39 is 0 Å². The summed E-state index contributed by atoms with van der Waals surface area (Å²) < 4.78 is 0. The third-order valence-electron chi connectivity index (χ3n) is 5.14. The van der Waals surface area contributed by atoms with Gasteiger partial charge < -0.3 is 9.80 Å². The normalized spacial score (nSPS) is 14.9. The monoisotopic (exact) mass is 414 g/mol. The first-order chi connectivity index (χ1) is 12.9. The topological polar surface area (TPSA) is 23.6 Å². The zero-order chi connectivity index (χ0) is 20.2. The lowest BCUT2D eigenvalue weighted by atomic mass is 9.93. The Kier molecular flexibility index (Phi) is 12.1. The summed E-state index contributed by atoms with van der Waals surface area (Å²) in [4.78, 5) is 15.8. The van der Waals surface area contributed by atoms with E-state index in [1.54, 1.807) is 13.0 Å². The quantitative estimate of drug-likeness (QED) is 0.541. The van der Waals surface area contributed by atoms with E-state index in [4.69, 9.17) is 23.2 Å². The number of benzene rings is 1. The SMILES string of the molecule is CCCN(CCC)CCC1CCN(C(C)=O)CC1.Cc1cccc(Cl)c1Cl. The van der Waals surface area contributed by atoms with Gasteiger partial charge in [0.25, 0.3) is 0 Å². The fraction of sp³-hybridized carbons (Fsp3) is 0.682. The van der Waals surface area contributed by atoms with Crippen molar-refractivity contribution in [1.29, 1.82) is 0 Å². The van der Waals surface area contributed by atoms with Crippen molar-refractivity contribution in [1.82, 2.24) is 9.80 Å². The summed E-state index contributed by atoms with van der Waals surface area (Å²) in [6.45, 7) is 13.8. The number of halogens is 2. The third kappa shape index (κ3) is 9.32. The summed E-state index contributed by atoms with van der Waals surface area (Å²) in [5.41, 5.74) is 1.02. The van der Waals surface area contributed by atoms with Crippen molar-refractivity contribution in [2.75, 3.05) is 32.7 Å². The van der Waals surface area contributed by atoms with Gasteiger partial charge in [0.05, 0.1) is 10.0 Å². The van der Waals surface area contributed by atoms with E-state index in [2.05, 4.69) is 18.7 Å². The minimum absolute atomic E-state index is 0.243. The molecule has 0 N–H and O–H groups in total. The van der Waals surface area contributed by atoms with Gasteiger partial charge in [-0.2, -0.15) is 0 Å². The molecule has 5 heteroatoms. The second-order valence-corrected chi connectivity index (χ2v) is 8.24. The molecule has 27 heavy (non-hydrogen) atoms. The molecule has 1 fully saturated rings. The molecule has 1 aliphatic rings. The van der Waals surface area contributed by atoms with E-state index in [1.165, 1.54) is 51.7 Å². The van der Waals surface area contributed by atoms with Crippen LogP contribution in [0.25, 0.3) is 0 Å². The van der Waals surface area contributed by atoms with Crippen LogP contribution >= 0.6 is 23.2 Å². The molecular formula is C22H36Cl2N2O. The lowest BCUT2D eigenvalue weighted by Crippen LogP contribution is -2.38. The predicted molar refractivity (Wildman–Crippen MR) is 118 cm³/mol. The summed E-state index contributed by atoms with van der Waals surface area (Å²) in [5.74, 6) is 1.07. The van der Waals surface area contributed by atoms with Gasteiger partial charge in [-0.3, -0.25) is 4.79 Å². The number of nitrogens with zero attached hydrogens (tertiary/aromatic N) is 2. The van der Waals surface area contributed by atoms with E-state index in [1.807, 2.05) is 24.0 Å². The van der Waals surface area contributed by atoms with Crippen molar-refractivity contribution in [2.45, 2.75) is 59.8 Å². The molecule has 2 rings (SSSR count). The van der Waals surface area contributed by atoms with Gasteiger partial charge >= 0.3 is 0 Å². The van der Waals surface area contributed by atoms with Crippen molar-refractivity contribution >= 4 is 29.1 Å². The number of amides is 1. The number of carbonyl (C=O) groups excluding carboxylic acids is 1. The molecule has 0 aliphatic carbocycles. The number of aryl methyl sites for hydroxylation is 1. The fourth-order valence-corrected chi connectivity index (χ4v) is 3.83. The van der Waals surface area contributed by atoms with Gasteiger partial charge in [-0.05, 0) is 76.2 Å². The second kappa shape index (κ2) is 13.4. The van der Waals surface area contributed by atoms with Crippen LogP contribution in [-0.4, -0.2) is 48.4 Å². The van der Waals surface area contributed by atoms with E-state index in [9.17, 15) is 4.79 Å². The Bertz CT molecular complexity index is 531. The van der Waals surface area contributed by atoms with Crippen LogP contribution in [0.15, 0.2) is 18.2 Å². The van der Waals surface area contributed by atoms with Gasteiger partial charge in [-0.1, -0.05) is 49.2 Å². The molecule has 3 nitrogen and oxygen atoms in total. The van der Waals surface area contributed by atoms with Crippen LogP contribution in [0.3, 0.4) is 0 Å². The molecule has 1 amide bonds. The lowest BCUT2D eigenvalue weighted by Gasteiger charge is -2.32. The molecule has 0 saturated carbocycles. The smallest absolute Gasteiger partial charge is 0.219 e. The minimum atomic E-state index is 0.243. The average molecular weight is 415 g/mol. The number of piperidine rings is 1. The van der Waals surface area contributed by atoms with Gasteiger partial charge in [0.1, 0.15) is 0 Å². The molecule has 0 aromatic heterocycles. The average Bonchev–Trinajstić information content (AvgIpc) is 2.65. The van der Waals surface area contributed by atoms with Crippen LogP contribution in [0.5, 0.6) is 0 Å². The molecule has 0 spiro atoms. The van der Waals surface area contributed by atoms with Crippen LogP contribution in [0.4, 0.5) is 0 Å². The fourth-order valence-electron chi connectivity index (χ4n) is 3.48. The maximum absolute atomic E-state index is 11.3. The van der Waals surface area contributed by atoms with Crippen LogP contribution in [0, 0.1) is 12.8 Å². The zero-order valence-electron chi connectivity index (χ0n) is 17.4. The molecule has 1 aromatic carbocycles. The van der Waals surface area contributed by atoms with Gasteiger partial charge in [0.2, 0.25) is 5.91 Å². The number of hydrogen-bond acceptors (Lipinski definition) is 2. The Morgan fingerprint density at radius 1 is 1.11 bits per heavy atom. The van der Waals surface area contributed by atoms with Crippen molar-refractivity contribution < 1.29 is 4.79 Å². The van der Waals surface area contributed by atoms with Gasteiger partial charge in [0, 0.05) is 20.0 Å². The van der Waals surface area contributed by atoms with Crippen molar-refractivity contribution in [3.8, 4) is 0 Å². The number of rotatable bonds is 7. The first kappa shape index (κ1) is 24.3. The summed E-state index contributed by atoms with van der Waals surface area (Å²) >= 11 is 11.4. The first-order valence-electron chi connectivity index (χ1n) is 10.3. The Morgan fingerprint density at radius 2 is 1.70 bits per heavy atom. The van der Waals surface area contributed by atoms with Crippen LogP contribution < -0.4 is 0 Å². The Morgan fingerprint density at radius 3 is 2.15 bits per heavy atom. The van der Waals surface area contributed by atoms with Gasteiger partial charge in [0.15, 0.2) is 0 Å². The largest absolute Gasteiger partial charge is 0.343 e. The van der Waals surface area contributed by atoms with E-state index in [0.717, 1.165) is 24.6 Å². The molecule has 0 unspecified atom stereocenters. The zero-order valence-corrected chi connectivity index (χ0v) is 19.0. The highest BCUT2D eigenvalue weighted by Crippen LogP contribution is 2.24. The lowest BCUT2D eigenvalue weighted by molar-refractivity contribution is -0.130. The number of likely N-dealkylation sites (tertiary alicyclic amines) is 1. The van der Waals surface area contributed by atoms with Crippen LogP contribution in [-0.2, 0) is 4.79 Å². The molecule has 0 bridgehead atoms. The number of hydrogen-bond donors (Lipinski definition) is 0. The van der Waals surface area contributed by atoms with Crippen molar-refractivity contribution in [2.24, 2.45) is 5.92 Å². The molecular weight excluding hydrogens is 379 g/mol. The summed E-state index contributed by atoms with van der Waals surface area (Å²) in [6, 6.07) is 5.58. The van der Waals surface area contributed by atoms with E-state index in [-0.39, 0.29) is 5.91 Å². The highest BCUT2D eigenvalue weighted by atomic mass is 35.5. The maximum atomic E-state index is 11.3. The third-order valence-corrected chi connectivity index (χ3v) is 6.05. The molecule has 1 aliphatic heterocycles. The molecule has 1 saturated heterocycles. The Labute approximate surface area is 176 Å². The highest BCUT2D eigenvalue weighted by molar-refractivity contribution is 6.42. The van der Waals surface area contributed by atoms with E-state index in [0.29, 0.717) is 10.0 Å². The molecule has 154 valence electrons. The predicted octanol–water partition coefficient (Wildman–Crippen LogP) is 6.06. The molecule has 0 radical (unpaired) electrons. The second-order valence-electron chi connectivity index (χ2n) is 7.45. The van der Waals surface area contributed by atoms with E-state index >= 15 is 0 Å². The minimum Gasteiger partial charge on any atom is -0.343 e. The van der Waals surface area contributed by atoms with Crippen molar-refractivity contribution in [3.05, 3.63) is 33.8 Å². The molecule has 0 atom stereocenters. The standard InChI is InChI=1S/C15H30N2O.C7H6Cl2/c1-4-9-16(10-5-2)11-6-15-7-12-17(13-8-15)14(3)18;1-5-3-2-4-6(8)7(5)9/h15H,4-13H2,1-3H3;2-4H,1H3. The maximum Gasteiger partial charge on any atom is 0.219 e. The molecule has 1 heterocycles. The number of carbonyl (C=O) groups is 1. The van der Waals surface area contributed by atoms with Crippen LogP contribution in [0.2, 0.25) is 10.0 Å². The highest BCUT2D eigenvalue weighted by Gasteiger charge is 2.20.